The van der Waals surface area contributed by atoms with Gasteiger partial charge in [0, 0.05) is 37.9 Å². The minimum absolute atomic E-state index is 0.0558. The number of aromatic nitrogens is 1. The van der Waals surface area contributed by atoms with Crippen molar-refractivity contribution >= 4 is 17.7 Å². The Hall–Kier alpha value is -3.24. The lowest BCUT2D eigenvalue weighted by Crippen LogP contribution is -2.42. The van der Waals surface area contributed by atoms with Gasteiger partial charge >= 0.3 is 6.09 Å². The second-order valence-corrected chi connectivity index (χ2v) is 6.61. The van der Waals surface area contributed by atoms with Gasteiger partial charge in [0.1, 0.15) is 11.9 Å². The molecule has 2 atom stereocenters. The van der Waals surface area contributed by atoms with Gasteiger partial charge < -0.3 is 20.9 Å². The van der Waals surface area contributed by atoms with Gasteiger partial charge in [0.15, 0.2) is 0 Å². The molecule has 29 heavy (non-hydrogen) atoms. The number of hydrogen-bond donors (Lipinski definition) is 3. The fourth-order valence-corrected chi connectivity index (χ4v) is 3.30. The lowest BCUT2D eigenvalue weighted by molar-refractivity contribution is -0.120. The van der Waals surface area contributed by atoms with Gasteiger partial charge in [0.2, 0.25) is 5.91 Å². The number of hydrogen-bond acceptors (Lipinski definition) is 5. The van der Waals surface area contributed by atoms with Crippen molar-refractivity contribution in [2.24, 2.45) is 5.73 Å². The van der Waals surface area contributed by atoms with E-state index in [-0.39, 0.29) is 36.4 Å². The molecule has 154 valence electrons. The van der Waals surface area contributed by atoms with Crippen molar-refractivity contribution in [3.63, 3.8) is 0 Å². The number of methoxy groups -OCH3 is 1. The van der Waals surface area contributed by atoms with E-state index in [1.165, 1.54) is 30.0 Å². The Balaban J connectivity index is 1.82. The lowest BCUT2D eigenvalue weighted by atomic mass is 10.1. The number of likely N-dealkylation sites (tertiary alicyclic amines) is 1. The van der Waals surface area contributed by atoms with Crippen LogP contribution in [0.2, 0.25) is 0 Å². The molecule has 1 aliphatic rings. The molecule has 4 N–H and O–H groups in total. The number of benzene rings is 1. The summed E-state index contributed by atoms with van der Waals surface area (Å²) in [7, 11) is 1.44. The number of carboxylic acid groups (broad SMARTS) is 1. The van der Waals surface area contributed by atoms with E-state index < -0.39 is 30.0 Å². The molecular formula is C19H21FN4O5. The fraction of sp³-hybridized carbons (Fsp3) is 0.316. The molecule has 0 radical (unpaired) electrons. The standard InChI is InChI=1S/C19H21FN4O5/c1-29-13-8-16(24(10-13)19(27)28)17(25)22-15-5-4-12(7-14(15)20)23-6-2-3-11(9-21)18(23)26/h2-7,13,16H,8-10,21H2,1H3,(H,22,25)(H,27,28)/t13-,16-/m1/s1. The largest absolute Gasteiger partial charge is 0.465 e. The minimum Gasteiger partial charge on any atom is -0.465 e. The summed E-state index contributed by atoms with van der Waals surface area (Å²) in [6.45, 7) is 0.117. The Labute approximate surface area is 165 Å². The highest BCUT2D eigenvalue weighted by Crippen LogP contribution is 2.23. The molecule has 1 fully saturated rings. The van der Waals surface area contributed by atoms with E-state index in [1.807, 2.05) is 0 Å². The highest BCUT2D eigenvalue weighted by molar-refractivity contribution is 5.97. The third-order valence-electron chi connectivity index (χ3n) is 4.88. The molecule has 1 saturated heterocycles. The monoisotopic (exact) mass is 404 g/mol. The van der Waals surface area contributed by atoms with Crippen LogP contribution >= 0.6 is 0 Å². The molecule has 0 bridgehead atoms. The van der Waals surface area contributed by atoms with E-state index in [0.29, 0.717) is 5.56 Å². The van der Waals surface area contributed by atoms with Crippen molar-refractivity contribution in [1.29, 1.82) is 0 Å². The van der Waals surface area contributed by atoms with Gasteiger partial charge in [-0.3, -0.25) is 19.1 Å². The van der Waals surface area contributed by atoms with Crippen LogP contribution in [0.1, 0.15) is 12.0 Å². The number of pyridine rings is 1. The van der Waals surface area contributed by atoms with Crippen LogP contribution in [-0.4, -0.2) is 52.4 Å². The van der Waals surface area contributed by atoms with Crippen LogP contribution in [0.25, 0.3) is 5.69 Å². The third-order valence-corrected chi connectivity index (χ3v) is 4.88. The van der Waals surface area contributed by atoms with E-state index in [4.69, 9.17) is 10.5 Å². The predicted octanol–water partition coefficient (Wildman–Crippen LogP) is 1.14. The van der Waals surface area contributed by atoms with Crippen LogP contribution in [-0.2, 0) is 16.1 Å². The highest BCUT2D eigenvalue weighted by atomic mass is 19.1. The first-order chi connectivity index (χ1) is 13.8. The Bertz CT molecular complexity index is 993. The maximum absolute atomic E-state index is 14.6. The summed E-state index contributed by atoms with van der Waals surface area (Å²) in [5, 5.41) is 11.7. The van der Waals surface area contributed by atoms with Gasteiger partial charge in [-0.15, -0.1) is 0 Å². The summed E-state index contributed by atoms with van der Waals surface area (Å²) >= 11 is 0. The normalized spacial score (nSPS) is 18.7. The Kier molecular flexibility index (Phi) is 5.95. The summed E-state index contributed by atoms with van der Waals surface area (Å²) in [6.07, 6.45) is 0.00797. The minimum atomic E-state index is -1.25. The summed E-state index contributed by atoms with van der Waals surface area (Å²) in [5.74, 6) is -1.41. The number of nitrogens with one attached hydrogen (secondary N) is 1. The van der Waals surface area contributed by atoms with Crippen LogP contribution < -0.4 is 16.6 Å². The number of rotatable bonds is 5. The summed E-state index contributed by atoms with van der Waals surface area (Å²) in [6, 6.07) is 6.13. The van der Waals surface area contributed by atoms with Gasteiger partial charge in [0.05, 0.1) is 24.0 Å². The van der Waals surface area contributed by atoms with E-state index in [2.05, 4.69) is 5.32 Å². The average Bonchev–Trinajstić information content (AvgIpc) is 3.15. The average molecular weight is 404 g/mol. The smallest absolute Gasteiger partial charge is 0.408 e. The molecule has 1 aliphatic heterocycles. The quantitative estimate of drug-likeness (QED) is 0.686. The first-order valence-corrected chi connectivity index (χ1v) is 8.89. The van der Waals surface area contributed by atoms with Gasteiger partial charge in [-0.25, -0.2) is 9.18 Å². The number of carbonyl (C=O) groups is 2. The zero-order valence-corrected chi connectivity index (χ0v) is 15.7. The highest BCUT2D eigenvalue weighted by Gasteiger charge is 2.40. The second kappa shape index (κ2) is 8.41. The van der Waals surface area contributed by atoms with Gasteiger partial charge in [0.25, 0.3) is 5.56 Å². The van der Waals surface area contributed by atoms with Crippen molar-refractivity contribution < 1.29 is 23.8 Å². The van der Waals surface area contributed by atoms with Crippen LogP contribution in [0, 0.1) is 5.82 Å². The first-order valence-electron chi connectivity index (χ1n) is 8.89. The molecule has 0 spiro atoms. The van der Waals surface area contributed by atoms with Gasteiger partial charge in [-0.1, -0.05) is 6.07 Å². The molecule has 1 aromatic heterocycles. The molecule has 0 aliphatic carbocycles. The van der Waals surface area contributed by atoms with Crippen molar-refractivity contribution in [1.82, 2.24) is 9.47 Å². The molecule has 2 aromatic rings. The zero-order valence-electron chi connectivity index (χ0n) is 15.7. The molecule has 0 unspecified atom stereocenters. The third kappa shape index (κ3) is 4.13. The van der Waals surface area contributed by atoms with E-state index >= 15 is 0 Å². The number of nitrogens with two attached hydrogens (primary N) is 1. The number of amides is 2. The number of ether oxygens (including phenoxy) is 1. The van der Waals surface area contributed by atoms with Gasteiger partial charge in [-0.05, 0) is 18.2 Å². The number of nitrogens with zero attached hydrogens (tertiary/aromatic N) is 2. The predicted molar refractivity (Wildman–Crippen MR) is 102 cm³/mol. The maximum Gasteiger partial charge on any atom is 0.408 e. The Morgan fingerprint density at radius 2 is 2.14 bits per heavy atom. The molecule has 0 saturated carbocycles. The molecule has 1 aromatic carbocycles. The molecule has 3 rings (SSSR count). The summed E-state index contributed by atoms with van der Waals surface area (Å²) in [5.41, 5.74) is 5.70. The number of anilines is 1. The fourth-order valence-electron chi connectivity index (χ4n) is 3.30. The van der Waals surface area contributed by atoms with E-state index in [9.17, 15) is 23.9 Å². The van der Waals surface area contributed by atoms with Crippen LogP contribution in [0.15, 0.2) is 41.3 Å². The van der Waals surface area contributed by atoms with Crippen LogP contribution in [0.4, 0.5) is 14.9 Å². The zero-order chi connectivity index (χ0) is 21.1. The second-order valence-electron chi connectivity index (χ2n) is 6.61. The summed E-state index contributed by atoms with van der Waals surface area (Å²) < 4.78 is 21.0. The van der Waals surface area contributed by atoms with E-state index in [0.717, 1.165) is 11.0 Å². The lowest BCUT2D eigenvalue weighted by Gasteiger charge is -2.20. The number of carbonyl (C=O) groups excluding carboxylic acids is 1. The Morgan fingerprint density at radius 1 is 1.38 bits per heavy atom. The summed E-state index contributed by atoms with van der Waals surface area (Å²) in [4.78, 5) is 37.2. The van der Waals surface area contributed by atoms with E-state index in [1.54, 1.807) is 12.1 Å². The maximum atomic E-state index is 14.6. The van der Waals surface area contributed by atoms with Crippen LogP contribution in [0.5, 0.6) is 0 Å². The van der Waals surface area contributed by atoms with Crippen LogP contribution in [0.3, 0.4) is 0 Å². The SMILES string of the molecule is CO[C@@H]1C[C@H](C(=O)Nc2ccc(-n3cccc(CN)c3=O)cc2F)N(C(=O)O)C1. The van der Waals surface area contributed by atoms with Crippen molar-refractivity contribution in [3.8, 4) is 5.69 Å². The molecule has 2 heterocycles. The topological polar surface area (TPSA) is 127 Å². The number of halogens is 1. The Morgan fingerprint density at radius 3 is 2.76 bits per heavy atom. The van der Waals surface area contributed by atoms with Crippen molar-refractivity contribution in [3.05, 3.63) is 58.3 Å². The molecule has 9 nitrogen and oxygen atoms in total. The molecule has 2 amide bonds. The van der Waals surface area contributed by atoms with Gasteiger partial charge in [-0.2, -0.15) is 0 Å². The first kappa shape index (κ1) is 20.5. The molecular weight excluding hydrogens is 383 g/mol. The molecule has 10 heteroatoms. The van der Waals surface area contributed by atoms with Crippen molar-refractivity contribution in [2.45, 2.75) is 25.1 Å². The van der Waals surface area contributed by atoms with Crippen molar-refractivity contribution in [2.75, 3.05) is 19.0 Å².